The van der Waals surface area contributed by atoms with Crippen LogP contribution in [0.25, 0.3) is 0 Å². The molecule has 0 amide bonds. The van der Waals surface area contributed by atoms with E-state index >= 15 is 0 Å². The number of hydrogen-bond donors (Lipinski definition) is 1. The summed E-state index contributed by atoms with van der Waals surface area (Å²) in [6, 6.07) is 0. The predicted octanol–water partition coefficient (Wildman–Crippen LogP) is -0.201. The second-order valence-corrected chi connectivity index (χ2v) is 3.40. The molecule has 2 nitrogen and oxygen atoms in total. The zero-order valence-electron chi connectivity index (χ0n) is 5.60. The third-order valence-electron chi connectivity index (χ3n) is 2.80. The Balaban J connectivity index is 2.02. The lowest BCUT2D eigenvalue weighted by Crippen LogP contribution is -3.05. The first-order valence-electron chi connectivity index (χ1n) is 3.88. The van der Waals surface area contributed by atoms with Gasteiger partial charge < -0.3 is 10.3 Å². The first-order valence-corrected chi connectivity index (χ1v) is 3.88. The average molecular weight is 127 g/mol. The van der Waals surface area contributed by atoms with E-state index in [1.807, 2.05) is 0 Å². The lowest BCUT2D eigenvalue weighted by atomic mass is 10.0. The molecule has 2 heteroatoms. The summed E-state index contributed by atoms with van der Waals surface area (Å²) >= 11 is 0. The summed E-state index contributed by atoms with van der Waals surface area (Å²) in [5, 5.41) is 11.4. The minimum Gasteiger partial charge on any atom is -0.634 e. The maximum Gasteiger partial charge on any atom is 0.0801 e. The number of fused-ring (bicyclic) bond motifs is 1. The van der Waals surface area contributed by atoms with Crippen LogP contribution in [0.4, 0.5) is 0 Å². The third-order valence-corrected chi connectivity index (χ3v) is 2.80. The summed E-state index contributed by atoms with van der Waals surface area (Å²) in [6.07, 6.45) is 4.04. The normalized spacial score (nSPS) is 49.7. The van der Waals surface area contributed by atoms with Crippen LogP contribution in [0.1, 0.15) is 19.3 Å². The molecule has 1 saturated carbocycles. The van der Waals surface area contributed by atoms with Gasteiger partial charge in [-0.1, -0.05) is 6.42 Å². The largest absolute Gasteiger partial charge is 0.634 e. The highest BCUT2D eigenvalue weighted by Gasteiger charge is 2.36. The number of hydrogen-bond acceptors (Lipinski definition) is 1. The fourth-order valence-electron chi connectivity index (χ4n) is 2.32. The lowest BCUT2D eigenvalue weighted by molar-refractivity contribution is -0.837. The Morgan fingerprint density at radius 1 is 1.11 bits per heavy atom. The van der Waals surface area contributed by atoms with Crippen molar-refractivity contribution >= 4 is 0 Å². The van der Waals surface area contributed by atoms with E-state index in [2.05, 4.69) is 0 Å². The number of rotatable bonds is 0. The standard InChI is InChI=1S/C7H13NO/c9-8-4-6-2-1-3-7(6)5-8/h6-8H,1-5H2. The molecule has 1 heterocycles. The quantitative estimate of drug-likeness (QED) is 0.448. The monoisotopic (exact) mass is 127 g/mol. The van der Waals surface area contributed by atoms with Gasteiger partial charge in [-0.3, -0.25) is 0 Å². The Hall–Kier alpha value is -0.0800. The molecule has 0 aromatic carbocycles. The summed E-state index contributed by atoms with van der Waals surface area (Å²) in [4.78, 5) is 0. The van der Waals surface area contributed by atoms with Gasteiger partial charge in [-0.15, -0.1) is 0 Å². The van der Waals surface area contributed by atoms with Gasteiger partial charge in [-0.25, -0.2) is 0 Å². The molecule has 0 spiro atoms. The van der Waals surface area contributed by atoms with Crippen LogP contribution in [0.5, 0.6) is 0 Å². The van der Waals surface area contributed by atoms with Crippen LogP contribution in [0.2, 0.25) is 0 Å². The molecular weight excluding hydrogens is 114 g/mol. The van der Waals surface area contributed by atoms with Gasteiger partial charge in [0.05, 0.1) is 13.1 Å². The van der Waals surface area contributed by atoms with Crippen molar-refractivity contribution in [3.8, 4) is 0 Å². The lowest BCUT2D eigenvalue weighted by Gasteiger charge is -2.15. The first kappa shape index (κ1) is 5.69. The molecule has 1 aliphatic carbocycles. The molecule has 9 heavy (non-hydrogen) atoms. The van der Waals surface area contributed by atoms with Crippen LogP contribution < -0.4 is 5.06 Å². The summed E-state index contributed by atoms with van der Waals surface area (Å²) in [5.41, 5.74) is 0. The minimum atomic E-state index is 0.518. The predicted molar refractivity (Wildman–Crippen MR) is 34.9 cm³/mol. The van der Waals surface area contributed by atoms with Crippen molar-refractivity contribution in [1.82, 2.24) is 0 Å². The molecule has 2 rings (SSSR count). The molecule has 52 valence electrons. The van der Waals surface area contributed by atoms with Gasteiger partial charge in [0.1, 0.15) is 0 Å². The summed E-state index contributed by atoms with van der Waals surface area (Å²) < 4.78 is 0. The average Bonchev–Trinajstić information content (AvgIpc) is 2.22. The number of quaternary nitrogens is 1. The number of nitrogens with one attached hydrogen (secondary N) is 1. The second kappa shape index (κ2) is 1.96. The van der Waals surface area contributed by atoms with Crippen molar-refractivity contribution in [3.05, 3.63) is 5.21 Å². The van der Waals surface area contributed by atoms with E-state index in [0.717, 1.165) is 24.9 Å². The van der Waals surface area contributed by atoms with Crippen LogP contribution in [-0.2, 0) is 0 Å². The SMILES string of the molecule is [O-][NH+]1CC2CCCC2C1. The van der Waals surface area contributed by atoms with Crippen molar-refractivity contribution in [3.63, 3.8) is 0 Å². The van der Waals surface area contributed by atoms with E-state index in [1.165, 1.54) is 19.3 Å². The van der Waals surface area contributed by atoms with E-state index in [9.17, 15) is 5.21 Å². The fourth-order valence-corrected chi connectivity index (χ4v) is 2.32. The van der Waals surface area contributed by atoms with E-state index in [-0.39, 0.29) is 0 Å². The maximum atomic E-state index is 10.9. The van der Waals surface area contributed by atoms with Crippen molar-refractivity contribution in [2.75, 3.05) is 13.1 Å². The molecule has 1 aliphatic heterocycles. The van der Waals surface area contributed by atoms with Gasteiger partial charge in [0.2, 0.25) is 0 Å². The van der Waals surface area contributed by atoms with E-state index in [1.54, 1.807) is 0 Å². The molecule has 0 aromatic rings. The molecule has 0 bridgehead atoms. The summed E-state index contributed by atoms with van der Waals surface area (Å²) in [7, 11) is 0. The molecule has 1 N–H and O–H groups in total. The van der Waals surface area contributed by atoms with E-state index in [4.69, 9.17) is 0 Å². The van der Waals surface area contributed by atoms with Crippen LogP contribution in [0.3, 0.4) is 0 Å². The van der Waals surface area contributed by atoms with E-state index in [0.29, 0.717) is 5.06 Å². The van der Waals surface area contributed by atoms with Crippen molar-refractivity contribution in [2.24, 2.45) is 11.8 Å². The van der Waals surface area contributed by atoms with Gasteiger partial charge in [-0.05, 0) is 12.8 Å². The minimum absolute atomic E-state index is 0.518. The Labute approximate surface area is 55.4 Å². The fraction of sp³-hybridized carbons (Fsp3) is 1.00. The van der Waals surface area contributed by atoms with Crippen molar-refractivity contribution < 1.29 is 5.06 Å². The molecule has 2 atom stereocenters. The Bertz CT molecular complexity index is 103. The van der Waals surface area contributed by atoms with Crippen molar-refractivity contribution in [1.29, 1.82) is 0 Å². The topological polar surface area (TPSA) is 27.5 Å². The first-order chi connectivity index (χ1) is 4.36. The second-order valence-electron chi connectivity index (χ2n) is 3.40. The van der Waals surface area contributed by atoms with Gasteiger partial charge in [0.25, 0.3) is 0 Å². The molecule has 1 saturated heterocycles. The highest BCUT2D eigenvalue weighted by Crippen LogP contribution is 2.31. The van der Waals surface area contributed by atoms with Gasteiger partial charge in [0, 0.05) is 11.8 Å². The van der Waals surface area contributed by atoms with Gasteiger partial charge >= 0.3 is 0 Å². The van der Waals surface area contributed by atoms with Gasteiger partial charge in [0.15, 0.2) is 0 Å². The smallest absolute Gasteiger partial charge is 0.0801 e. The number of hydroxylamine groups is 2. The molecule has 0 radical (unpaired) electrons. The van der Waals surface area contributed by atoms with Crippen LogP contribution >= 0.6 is 0 Å². The third kappa shape index (κ3) is 0.864. The van der Waals surface area contributed by atoms with E-state index < -0.39 is 0 Å². The molecule has 2 unspecified atom stereocenters. The zero-order chi connectivity index (χ0) is 6.27. The highest BCUT2D eigenvalue weighted by atomic mass is 16.5. The summed E-state index contributed by atoms with van der Waals surface area (Å²) in [5.74, 6) is 1.61. The van der Waals surface area contributed by atoms with Crippen molar-refractivity contribution in [2.45, 2.75) is 19.3 Å². The summed E-state index contributed by atoms with van der Waals surface area (Å²) in [6.45, 7) is 1.81. The molecular formula is C7H13NO. The highest BCUT2D eigenvalue weighted by molar-refractivity contribution is 4.79. The Morgan fingerprint density at radius 3 is 2.22 bits per heavy atom. The molecule has 0 aromatic heterocycles. The molecule has 2 fully saturated rings. The molecule has 2 aliphatic rings. The zero-order valence-corrected chi connectivity index (χ0v) is 5.60. The van der Waals surface area contributed by atoms with Crippen LogP contribution in [0, 0.1) is 17.0 Å². The van der Waals surface area contributed by atoms with Crippen LogP contribution in [-0.4, -0.2) is 13.1 Å². The van der Waals surface area contributed by atoms with Gasteiger partial charge in [-0.2, -0.15) is 0 Å². The Morgan fingerprint density at radius 2 is 1.67 bits per heavy atom. The van der Waals surface area contributed by atoms with Crippen LogP contribution in [0.15, 0.2) is 0 Å². The Kier molecular flexibility index (Phi) is 1.24. The maximum absolute atomic E-state index is 10.9.